The van der Waals surface area contributed by atoms with Gasteiger partial charge >= 0.3 is 0 Å². The third-order valence-electron chi connectivity index (χ3n) is 5.02. The molecular formula is C21H22N4O2. The van der Waals surface area contributed by atoms with Crippen molar-refractivity contribution in [2.45, 2.75) is 32.4 Å². The molecule has 1 aliphatic heterocycles. The number of para-hydroxylation sites is 2. The van der Waals surface area contributed by atoms with Crippen LogP contribution in [0.2, 0.25) is 0 Å². The second kappa shape index (κ2) is 7.23. The lowest BCUT2D eigenvalue weighted by Crippen LogP contribution is -2.45. The lowest BCUT2D eigenvalue weighted by Gasteiger charge is -2.23. The number of aromatic amines is 1. The minimum absolute atomic E-state index is 0.0736. The molecule has 0 radical (unpaired) electrons. The number of amides is 2. The van der Waals surface area contributed by atoms with Gasteiger partial charge in [-0.3, -0.25) is 9.59 Å². The fourth-order valence-corrected chi connectivity index (χ4v) is 3.47. The Morgan fingerprint density at radius 3 is 2.81 bits per heavy atom. The van der Waals surface area contributed by atoms with Crippen molar-refractivity contribution in [2.24, 2.45) is 0 Å². The van der Waals surface area contributed by atoms with E-state index in [0.29, 0.717) is 18.7 Å². The molecule has 6 nitrogen and oxygen atoms in total. The molecule has 0 saturated carbocycles. The molecule has 1 atom stereocenters. The van der Waals surface area contributed by atoms with Crippen LogP contribution >= 0.6 is 0 Å². The van der Waals surface area contributed by atoms with Crippen molar-refractivity contribution in [3.05, 3.63) is 65.5 Å². The zero-order chi connectivity index (χ0) is 18.8. The van der Waals surface area contributed by atoms with Gasteiger partial charge in [0.1, 0.15) is 11.9 Å². The minimum atomic E-state index is -0.490. The van der Waals surface area contributed by atoms with Crippen LogP contribution in [0, 0.1) is 0 Å². The molecule has 4 rings (SSSR count). The maximum Gasteiger partial charge on any atom is 0.255 e. The summed E-state index contributed by atoms with van der Waals surface area (Å²) < 4.78 is 0. The van der Waals surface area contributed by atoms with Gasteiger partial charge in [-0.2, -0.15) is 0 Å². The van der Waals surface area contributed by atoms with Crippen LogP contribution in [-0.4, -0.2) is 39.3 Å². The van der Waals surface area contributed by atoms with E-state index in [1.165, 1.54) is 0 Å². The lowest BCUT2D eigenvalue weighted by molar-refractivity contribution is -0.125. The average Bonchev–Trinajstić information content (AvgIpc) is 3.25. The molecule has 0 spiro atoms. The van der Waals surface area contributed by atoms with E-state index in [2.05, 4.69) is 15.3 Å². The molecule has 0 aliphatic carbocycles. The summed E-state index contributed by atoms with van der Waals surface area (Å²) in [6.07, 6.45) is 1.55. The second-order valence-corrected chi connectivity index (χ2v) is 6.86. The number of carbonyl (C=O) groups excluding carboxylic acids is 2. The lowest BCUT2D eigenvalue weighted by atomic mass is 10.1. The van der Waals surface area contributed by atoms with Crippen molar-refractivity contribution in [2.75, 3.05) is 6.54 Å². The normalized spacial score (nSPS) is 14.4. The average molecular weight is 362 g/mol. The Labute approximate surface area is 157 Å². The van der Waals surface area contributed by atoms with Crippen LogP contribution in [0.1, 0.15) is 35.1 Å². The smallest absolute Gasteiger partial charge is 0.255 e. The van der Waals surface area contributed by atoms with Gasteiger partial charge in [0.2, 0.25) is 5.91 Å². The van der Waals surface area contributed by atoms with E-state index >= 15 is 0 Å². The molecule has 1 aliphatic rings. The molecule has 138 valence electrons. The number of H-pyrrole nitrogens is 1. The molecule has 0 bridgehead atoms. The van der Waals surface area contributed by atoms with E-state index in [1.807, 2.05) is 48.5 Å². The zero-order valence-corrected chi connectivity index (χ0v) is 15.2. The van der Waals surface area contributed by atoms with Gasteiger partial charge < -0.3 is 15.2 Å². The van der Waals surface area contributed by atoms with Gasteiger partial charge in [-0.05, 0) is 37.1 Å². The number of aryl methyl sites for hydroxylation is 1. The Morgan fingerprint density at radius 2 is 2.00 bits per heavy atom. The summed E-state index contributed by atoms with van der Waals surface area (Å²) in [4.78, 5) is 34.4. The number of hydrogen-bond donors (Lipinski definition) is 2. The highest BCUT2D eigenvalue weighted by molar-refractivity contribution is 6.01. The van der Waals surface area contributed by atoms with Crippen LogP contribution in [-0.2, 0) is 17.8 Å². The monoisotopic (exact) mass is 362 g/mol. The molecule has 6 heteroatoms. The van der Waals surface area contributed by atoms with Crippen molar-refractivity contribution in [1.82, 2.24) is 20.2 Å². The highest BCUT2D eigenvalue weighted by Crippen LogP contribution is 2.24. The maximum absolute atomic E-state index is 12.5. The molecule has 2 N–H and O–H groups in total. The molecule has 3 aromatic rings. The summed E-state index contributed by atoms with van der Waals surface area (Å²) in [6, 6.07) is 14.9. The summed E-state index contributed by atoms with van der Waals surface area (Å²) >= 11 is 0. The van der Waals surface area contributed by atoms with Gasteiger partial charge in [0.25, 0.3) is 5.91 Å². The fourth-order valence-electron chi connectivity index (χ4n) is 3.47. The number of imidazole rings is 1. The van der Waals surface area contributed by atoms with Crippen molar-refractivity contribution in [3.63, 3.8) is 0 Å². The second-order valence-electron chi connectivity index (χ2n) is 6.86. The third-order valence-corrected chi connectivity index (χ3v) is 5.02. The number of rotatable bonds is 6. The first-order valence-corrected chi connectivity index (χ1v) is 9.23. The number of carbonyl (C=O) groups is 2. The molecule has 2 heterocycles. The van der Waals surface area contributed by atoms with Crippen LogP contribution in [0.15, 0.2) is 48.5 Å². The topological polar surface area (TPSA) is 78.1 Å². The van der Waals surface area contributed by atoms with Gasteiger partial charge in [0.05, 0.1) is 11.0 Å². The fraction of sp³-hybridized carbons (Fsp3) is 0.286. The largest absolute Gasteiger partial charge is 0.354 e. The highest BCUT2D eigenvalue weighted by atomic mass is 16.2. The highest BCUT2D eigenvalue weighted by Gasteiger charge is 2.33. The summed E-state index contributed by atoms with van der Waals surface area (Å²) in [5.41, 5.74) is 3.66. The quantitative estimate of drug-likeness (QED) is 0.662. The predicted molar refractivity (Wildman–Crippen MR) is 103 cm³/mol. The van der Waals surface area contributed by atoms with Crippen molar-refractivity contribution in [1.29, 1.82) is 0 Å². The van der Waals surface area contributed by atoms with E-state index < -0.39 is 6.04 Å². The van der Waals surface area contributed by atoms with Gasteiger partial charge in [0, 0.05) is 25.1 Å². The Balaban J connectivity index is 1.27. The molecule has 0 unspecified atom stereocenters. The van der Waals surface area contributed by atoms with Crippen LogP contribution < -0.4 is 5.32 Å². The van der Waals surface area contributed by atoms with E-state index in [1.54, 1.807) is 11.8 Å². The van der Waals surface area contributed by atoms with Gasteiger partial charge in [-0.15, -0.1) is 0 Å². The first-order chi connectivity index (χ1) is 13.1. The molecule has 1 aromatic heterocycles. The third kappa shape index (κ3) is 3.43. The van der Waals surface area contributed by atoms with E-state index in [0.717, 1.165) is 35.3 Å². The zero-order valence-electron chi connectivity index (χ0n) is 15.2. The summed E-state index contributed by atoms with van der Waals surface area (Å²) in [5.74, 6) is 0.722. The maximum atomic E-state index is 12.5. The number of nitrogens with zero attached hydrogens (tertiary/aromatic N) is 2. The van der Waals surface area contributed by atoms with Crippen LogP contribution in [0.3, 0.4) is 0 Å². The Morgan fingerprint density at radius 1 is 1.22 bits per heavy atom. The standard InChI is InChI=1S/C21H22N4O2/c1-14(25-13-15-7-2-3-8-16(15)21(25)27)20(26)22-12-6-11-19-23-17-9-4-5-10-18(17)24-19/h2-5,7-10,14H,6,11-13H2,1H3,(H,22,26)(H,23,24)/t14-/m1/s1. The minimum Gasteiger partial charge on any atom is -0.354 e. The molecule has 0 saturated heterocycles. The number of aromatic nitrogens is 2. The SMILES string of the molecule is C[C@H](C(=O)NCCCc1nc2ccccc2[nH]1)N1Cc2ccccc2C1=O. The van der Waals surface area contributed by atoms with Crippen molar-refractivity contribution < 1.29 is 9.59 Å². The Bertz CT molecular complexity index is 962. The van der Waals surface area contributed by atoms with Crippen LogP contribution in [0.25, 0.3) is 11.0 Å². The first kappa shape index (κ1) is 17.3. The first-order valence-electron chi connectivity index (χ1n) is 9.23. The molecule has 2 amide bonds. The number of benzene rings is 2. The summed E-state index contributed by atoms with van der Waals surface area (Å²) in [5, 5.41) is 2.94. The molecule has 0 fully saturated rings. The van der Waals surface area contributed by atoms with Gasteiger partial charge in [-0.1, -0.05) is 30.3 Å². The number of nitrogens with one attached hydrogen (secondary N) is 2. The molecule has 27 heavy (non-hydrogen) atoms. The van der Waals surface area contributed by atoms with E-state index in [9.17, 15) is 9.59 Å². The summed E-state index contributed by atoms with van der Waals surface area (Å²) in [7, 11) is 0. The Hall–Kier alpha value is -3.15. The van der Waals surface area contributed by atoms with Crippen LogP contribution in [0.5, 0.6) is 0 Å². The number of fused-ring (bicyclic) bond motifs is 2. The van der Waals surface area contributed by atoms with Crippen molar-refractivity contribution >= 4 is 22.8 Å². The number of hydrogen-bond acceptors (Lipinski definition) is 3. The van der Waals surface area contributed by atoms with E-state index in [-0.39, 0.29) is 11.8 Å². The van der Waals surface area contributed by atoms with Crippen LogP contribution in [0.4, 0.5) is 0 Å². The Kier molecular flexibility index (Phi) is 4.62. The van der Waals surface area contributed by atoms with E-state index in [4.69, 9.17) is 0 Å². The van der Waals surface area contributed by atoms with Gasteiger partial charge in [-0.25, -0.2) is 4.98 Å². The summed E-state index contributed by atoms with van der Waals surface area (Å²) in [6.45, 7) is 2.82. The van der Waals surface area contributed by atoms with Crippen molar-refractivity contribution in [3.8, 4) is 0 Å². The molecule has 2 aromatic carbocycles. The molecular weight excluding hydrogens is 340 g/mol. The van der Waals surface area contributed by atoms with Gasteiger partial charge in [0.15, 0.2) is 0 Å². The predicted octanol–water partition coefficient (Wildman–Crippen LogP) is 2.66.